The van der Waals surface area contributed by atoms with Crippen molar-refractivity contribution in [1.29, 1.82) is 0 Å². The van der Waals surface area contributed by atoms with E-state index in [4.69, 9.17) is 9.47 Å². The van der Waals surface area contributed by atoms with E-state index in [-0.39, 0.29) is 6.10 Å². The average Bonchev–Trinajstić information content (AvgIpc) is 2.64. The van der Waals surface area contributed by atoms with Gasteiger partial charge in [0.15, 0.2) is 0 Å². The molecule has 4 heteroatoms. The van der Waals surface area contributed by atoms with Crippen LogP contribution in [0.15, 0.2) is 24.4 Å². The third-order valence-corrected chi connectivity index (χ3v) is 3.76. The smallest absolute Gasteiger partial charge is 0.119 e. The molecule has 1 unspecified atom stereocenters. The van der Waals surface area contributed by atoms with E-state index >= 15 is 0 Å². The molecule has 2 heterocycles. The summed E-state index contributed by atoms with van der Waals surface area (Å²) in [7, 11) is 3.78. The number of rotatable bonds is 2. The Bertz CT molecular complexity index is 569. The van der Waals surface area contributed by atoms with Crippen LogP contribution in [0, 0.1) is 0 Å². The largest absolute Gasteiger partial charge is 0.497 e. The molecule has 2 aromatic rings. The lowest BCUT2D eigenvalue weighted by atomic mass is 10.1. The highest BCUT2D eigenvalue weighted by atomic mass is 16.5. The van der Waals surface area contributed by atoms with Crippen LogP contribution in [0.5, 0.6) is 5.75 Å². The standard InChI is InChI=1S/C15H20N2O2/c1-17-10-13(15-5-6-16-7-8-19-15)12-9-11(18-2)3-4-14(12)17/h3-4,9-10,15-16H,5-8H2,1-2H3. The molecule has 1 aliphatic heterocycles. The van der Waals surface area contributed by atoms with Crippen LogP contribution in [-0.2, 0) is 11.8 Å². The summed E-state index contributed by atoms with van der Waals surface area (Å²) in [6, 6.07) is 6.21. The minimum absolute atomic E-state index is 0.172. The monoisotopic (exact) mass is 260 g/mol. The third-order valence-electron chi connectivity index (χ3n) is 3.76. The first-order valence-electron chi connectivity index (χ1n) is 6.75. The molecule has 0 bridgehead atoms. The summed E-state index contributed by atoms with van der Waals surface area (Å²) in [5.74, 6) is 0.895. The molecule has 1 fully saturated rings. The maximum absolute atomic E-state index is 5.97. The molecule has 1 aliphatic rings. The van der Waals surface area contributed by atoms with Crippen molar-refractivity contribution in [2.75, 3.05) is 26.8 Å². The zero-order valence-electron chi connectivity index (χ0n) is 11.5. The Morgan fingerprint density at radius 3 is 3.11 bits per heavy atom. The van der Waals surface area contributed by atoms with Gasteiger partial charge in [-0.25, -0.2) is 0 Å². The van der Waals surface area contributed by atoms with Crippen LogP contribution in [0.25, 0.3) is 10.9 Å². The Morgan fingerprint density at radius 1 is 1.37 bits per heavy atom. The normalized spacial score (nSPS) is 20.4. The van der Waals surface area contributed by atoms with Gasteiger partial charge in [-0.15, -0.1) is 0 Å². The van der Waals surface area contributed by atoms with E-state index < -0.39 is 0 Å². The number of fused-ring (bicyclic) bond motifs is 1. The van der Waals surface area contributed by atoms with E-state index in [0.717, 1.165) is 31.9 Å². The van der Waals surface area contributed by atoms with Crippen molar-refractivity contribution in [2.24, 2.45) is 7.05 Å². The summed E-state index contributed by atoms with van der Waals surface area (Å²) >= 11 is 0. The molecule has 19 heavy (non-hydrogen) atoms. The third kappa shape index (κ3) is 2.33. The number of aryl methyl sites for hydroxylation is 1. The minimum Gasteiger partial charge on any atom is -0.497 e. The lowest BCUT2D eigenvalue weighted by Crippen LogP contribution is -2.16. The molecule has 1 atom stereocenters. The van der Waals surface area contributed by atoms with Crippen molar-refractivity contribution in [2.45, 2.75) is 12.5 Å². The van der Waals surface area contributed by atoms with Gasteiger partial charge in [-0.05, 0) is 31.2 Å². The van der Waals surface area contributed by atoms with Gasteiger partial charge in [0.1, 0.15) is 5.75 Å². The number of aromatic nitrogens is 1. The van der Waals surface area contributed by atoms with Gasteiger partial charge in [0.05, 0.1) is 19.8 Å². The van der Waals surface area contributed by atoms with Gasteiger partial charge in [0.2, 0.25) is 0 Å². The summed E-state index contributed by atoms with van der Waals surface area (Å²) in [6.07, 6.45) is 3.36. The second-order valence-electron chi connectivity index (χ2n) is 4.98. The Hall–Kier alpha value is -1.52. The van der Waals surface area contributed by atoms with E-state index in [1.54, 1.807) is 7.11 Å². The molecular weight excluding hydrogens is 240 g/mol. The Balaban J connectivity index is 2.06. The Morgan fingerprint density at radius 2 is 2.26 bits per heavy atom. The molecular formula is C15H20N2O2. The molecule has 0 aliphatic carbocycles. The molecule has 4 nitrogen and oxygen atoms in total. The lowest BCUT2D eigenvalue weighted by Gasteiger charge is -2.13. The SMILES string of the molecule is COc1ccc2c(c1)c(C1CCNCCO1)cn2C. The van der Waals surface area contributed by atoms with Gasteiger partial charge in [-0.1, -0.05) is 0 Å². The van der Waals surface area contributed by atoms with Crippen molar-refractivity contribution in [3.8, 4) is 5.75 Å². The first-order chi connectivity index (χ1) is 9.29. The van der Waals surface area contributed by atoms with Crippen LogP contribution in [0.1, 0.15) is 18.1 Å². The van der Waals surface area contributed by atoms with Crippen LogP contribution in [0.2, 0.25) is 0 Å². The second kappa shape index (κ2) is 5.23. The van der Waals surface area contributed by atoms with E-state index in [2.05, 4.69) is 35.3 Å². The van der Waals surface area contributed by atoms with E-state index in [1.165, 1.54) is 16.5 Å². The van der Waals surface area contributed by atoms with E-state index in [9.17, 15) is 0 Å². The maximum Gasteiger partial charge on any atom is 0.119 e. The van der Waals surface area contributed by atoms with Crippen LogP contribution in [0.4, 0.5) is 0 Å². The number of ether oxygens (including phenoxy) is 2. The zero-order chi connectivity index (χ0) is 13.2. The van der Waals surface area contributed by atoms with Gasteiger partial charge in [-0.3, -0.25) is 0 Å². The summed E-state index contributed by atoms with van der Waals surface area (Å²) in [5, 5.41) is 4.60. The Labute approximate surface area is 113 Å². The Kier molecular flexibility index (Phi) is 3.44. The molecule has 0 radical (unpaired) electrons. The molecule has 102 valence electrons. The first kappa shape index (κ1) is 12.5. The molecule has 1 N–H and O–H groups in total. The molecule has 3 rings (SSSR count). The highest BCUT2D eigenvalue weighted by molar-refractivity contribution is 5.85. The lowest BCUT2D eigenvalue weighted by molar-refractivity contribution is 0.0653. The van der Waals surface area contributed by atoms with E-state index in [1.807, 2.05) is 6.07 Å². The van der Waals surface area contributed by atoms with Crippen molar-refractivity contribution >= 4 is 10.9 Å². The maximum atomic E-state index is 5.97. The quantitative estimate of drug-likeness (QED) is 0.899. The van der Waals surface area contributed by atoms with Crippen LogP contribution >= 0.6 is 0 Å². The predicted molar refractivity (Wildman–Crippen MR) is 75.7 cm³/mol. The highest BCUT2D eigenvalue weighted by Crippen LogP contribution is 2.32. The molecule has 0 saturated carbocycles. The van der Waals surface area contributed by atoms with Gasteiger partial charge >= 0.3 is 0 Å². The second-order valence-corrected chi connectivity index (χ2v) is 4.98. The fraction of sp³-hybridized carbons (Fsp3) is 0.467. The first-order valence-corrected chi connectivity index (χ1v) is 6.75. The molecule has 0 spiro atoms. The number of methoxy groups -OCH3 is 1. The number of nitrogens with one attached hydrogen (secondary N) is 1. The molecule has 0 amide bonds. The van der Waals surface area contributed by atoms with Gasteiger partial charge in [-0.2, -0.15) is 0 Å². The number of hydrogen-bond donors (Lipinski definition) is 1. The molecule has 1 aromatic heterocycles. The van der Waals surface area contributed by atoms with Gasteiger partial charge < -0.3 is 19.4 Å². The van der Waals surface area contributed by atoms with Crippen molar-refractivity contribution in [1.82, 2.24) is 9.88 Å². The number of benzene rings is 1. The van der Waals surface area contributed by atoms with Crippen LogP contribution in [-0.4, -0.2) is 31.4 Å². The highest BCUT2D eigenvalue weighted by Gasteiger charge is 2.19. The molecule has 1 aromatic carbocycles. The summed E-state index contributed by atoms with van der Waals surface area (Å²) in [5.41, 5.74) is 2.48. The minimum atomic E-state index is 0.172. The summed E-state index contributed by atoms with van der Waals surface area (Å²) < 4.78 is 13.5. The molecule has 1 saturated heterocycles. The average molecular weight is 260 g/mol. The van der Waals surface area contributed by atoms with Crippen molar-refractivity contribution < 1.29 is 9.47 Å². The topological polar surface area (TPSA) is 35.4 Å². The van der Waals surface area contributed by atoms with E-state index in [0.29, 0.717) is 0 Å². The fourth-order valence-electron chi connectivity index (χ4n) is 2.75. The zero-order valence-corrected chi connectivity index (χ0v) is 11.5. The van der Waals surface area contributed by atoms with Crippen molar-refractivity contribution in [3.05, 3.63) is 30.0 Å². The number of hydrogen-bond acceptors (Lipinski definition) is 3. The summed E-state index contributed by atoms with van der Waals surface area (Å²) in [6.45, 7) is 2.71. The van der Waals surface area contributed by atoms with Crippen molar-refractivity contribution in [3.63, 3.8) is 0 Å². The predicted octanol–water partition coefficient (Wildman–Crippen LogP) is 2.24. The summed E-state index contributed by atoms with van der Waals surface area (Å²) in [4.78, 5) is 0. The van der Waals surface area contributed by atoms with Gasteiger partial charge in [0, 0.05) is 36.3 Å². The van der Waals surface area contributed by atoms with Crippen LogP contribution < -0.4 is 10.1 Å². The van der Waals surface area contributed by atoms with Gasteiger partial charge in [0.25, 0.3) is 0 Å². The fourth-order valence-corrected chi connectivity index (χ4v) is 2.75. The number of nitrogens with zero attached hydrogens (tertiary/aromatic N) is 1. The van der Waals surface area contributed by atoms with Crippen LogP contribution in [0.3, 0.4) is 0 Å².